The smallest absolute Gasteiger partial charge is 0.407 e. The molecule has 0 aliphatic carbocycles. The van der Waals surface area contributed by atoms with Gasteiger partial charge in [-0.25, -0.2) is 4.79 Å². The van der Waals surface area contributed by atoms with Crippen LogP contribution < -0.4 is 5.32 Å². The van der Waals surface area contributed by atoms with Gasteiger partial charge in [0.1, 0.15) is 5.60 Å². The number of amides is 1. The van der Waals surface area contributed by atoms with Crippen molar-refractivity contribution < 1.29 is 23.8 Å². The second-order valence-electron chi connectivity index (χ2n) is 5.64. The van der Waals surface area contributed by atoms with Gasteiger partial charge in [0.2, 0.25) is 0 Å². The van der Waals surface area contributed by atoms with Gasteiger partial charge in [-0.15, -0.1) is 0 Å². The van der Waals surface area contributed by atoms with Gasteiger partial charge in [0.25, 0.3) is 0 Å². The minimum absolute atomic E-state index is 0.0220. The van der Waals surface area contributed by atoms with Crippen LogP contribution in [0.4, 0.5) is 4.79 Å². The summed E-state index contributed by atoms with van der Waals surface area (Å²) in [5.41, 5.74) is -0.526. The van der Waals surface area contributed by atoms with E-state index in [1.807, 2.05) is 0 Å². The molecule has 0 aromatic heterocycles. The fourth-order valence-electron chi connectivity index (χ4n) is 1.97. The van der Waals surface area contributed by atoms with Crippen molar-refractivity contribution in [3.63, 3.8) is 0 Å². The van der Waals surface area contributed by atoms with Crippen LogP contribution in [0.25, 0.3) is 0 Å². The van der Waals surface area contributed by atoms with Gasteiger partial charge in [-0.05, 0) is 33.1 Å². The first-order chi connectivity index (χ1) is 8.83. The van der Waals surface area contributed by atoms with Crippen LogP contribution in [0.3, 0.4) is 0 Å². The molecule has 1 saturated heterocycles. The van der Waals surface area contributed by atoms with E-state index in [9.17, 15) is 9.59 Å². The third-order valence-electron chi connectivity index (χ3n) is 2.91. The van der Waals surface area contributed by atoms with Gasteiger partial charge in [0, 0.05) is 13.2 Å². The van der Waals surface area contributed by atoms with Gasteiger partial charge in [-0.3, -0.25) is 4.79 Å². The summed E-state index contributed by atoms with van der Waals surface area (Å²) in [5.74, 6) is -0.599. The third kappa shape index (κ3) is 5.46. The van der Waals surface area contributed by atoms with E-state index < -0.39 is 11.7 Å². The van der Waals surface area contributed by atoms with Gasteiger partial charge >= 0.3 is 12.1 Å². The number of carbonyl (C=O) groups is 2. The number of esters is 1. The highest BCUT2D eigenvalue weighted by Crippen LogP contribution is 2.22. The number of rotatable bonds is 3. The minimum Gasteiger partial charge on any atom is -0.469 e. The molecule has 1 aliphatic rings. The monoisotopic (exact) mass is 273 g/mol. The Morgan fingerprint density at radius 1 is 1.37 bits per heavy atom. The molecule has 2 atom stereocenters. The fourth-order valence-corrected chi connectivity index (χ4v) is 1.97. The Morgan fingerprint density at radius 2 is 2.05 bits per heavy atom. The van der Waals surface area contributed by atoms with Crippen LogP contribution in [0.2, 0.25) is 0 Å². The molecule has 0 spiro atoms. The topological polar surface area (TPSA) is 73.9 Å². The van der Waals surface area contributed by atoms with E-state index in [0.29, 0.717) is 19.8 Å². The Bertz CT molecular complexity index is 323. The molecule has 1 fully saturated rings. The zero-order valence-electron chi connectivity index (χ0n) is 12.0. The van der Waals surface area contributed by atoms with E-state index >= 15 is 0 Å². The number of nitrogens with one attached hydrogen (secondary N) is 1. The second kappa shape index (κ2) is 6.75. The van der Waals surface area contributed by atoms with E-state index in [4.69, 9.17) is 14.2 Å². The van der Waals surface area contributed by atoms with E-state index in [2.05, 4.69) is 5.32 Å². The van der Waals surface area contributed by atoms with Gasteiger partial charge in [-0.2, -0.15) is 0 Å². The number of hydrogen-bond acceptors (Lipinski definition) is 5. The molecular weight excluding hydrogens is 250 g/mol. The van der Waals surface area contributed by atoms with Crippen LogP contribution in [0.15, 0.2) is 0 Å². The summed E-state index contributed by atoms with van der Waals surface area (Å²) in [5, 5.41) is 2.69. The lowest BCUT2D eigenvalue weighted by Crippen LogP contribution is -2.42. The maximum atomic E-state index is 11.6. The Hall–Kier alpha value is -1.30. The maximum absolute atomic E-state index is 11.6. The molecule has 1 heterocycles. The SMILES string of the molecule is COC(=O)C1COCCC1CNC(=O)OC(C)(C)C. The molecule has 1 aliphatic heterocycles. The first kappa shape index (κ1) is 15.8. The number of alkyl carbamates (subject to hydrolysis) is 1. The normalized spacial score (nSPS) is 23.6. The maximum Gasteiger partial charge on any atom is 0.407 e. The predicted molar refractivity (Wildman–Crippen MR) is 68.7 cm³/mol. The van der Waals surface area contributed by atoms with Crippen LogP contribution in [0.5, 0.6) is 0 Å². The molecule has 1 N–H and O–H groups in total. The zero-order chi connectivity index (χ0) is 14.5. The van der Waals surface area contributed by atoms with Crippen molar-refractivity contribution in [2.24, 2.45) is 11.8 Å². The predicted octanol–water partition coefficient (Wildman–Crippen LogP) is 1.34. The van der Waals surface area contributed by atoms with Crippen LogP contribution in [0.1, 0.15) is 27.2 Å². The highest BCUT2D eigenvalue weighted by Gasteiger charge is 2.33. The average molecular weight is 273 g/mol. The second-order valence-corrected chi connectivity index (χ2v) is 5.64. The molecule has 110 valence electrons. The molecule has 19 heavy (non-hydrogen) atoms. The van der Waals surface area contributed by atoms with Crippen molar-refractivity contribution in [2.75, 3.05) is 26.9 Å². The quantitative estimate of drug-likeness (QED) is 0.785. The summed E-state index contributed by atoms with van der Waals surface area (Å²) in [6.45, 7) is 6.73. The van der Waals surface area contributed by atoms with Gasteiger partial charge in [0.05, 0.1) is 19.6 Å². The van der Waals surface area contributed by atoms with Crippen LogP contribution in [-0.4, -0.2) is 44.5 Å². The molecule has 0 saturated carbocycles. The van der Waals surface area contributed by atoms with E-state index in [1.165, 1.54) is 7.11 Å². The van der Waals surface area contributed by atoms with Crippen LogP contribution >= 0.6 is 0 Å². The zero-order valence-corrected chi connectivity index (χ0v) is 12.0. The number of methoxy groups -OCH3 is 1. The average Bonchev–Trinajstić information content (AvgIpc) is 2.33. The summed E-state index contributed by atoms with van der Waals surface area (Å²) in [6, 6.07) is 0. The highest BCUT2D eigenvalue weighted by atomic mass is 16.6. The van der Waals surface area contributed by atoms with E-state index in [0.717, 1.165) is 6.42 Å². The molecule has 0 bridgehead atoms. The number of carbonyl (C=O) groups excluding carboxylic acids is 2. The number of ether oxygens (including phenoxy) is 3. The van der Waals surface area contributed by atoms with Crippen molar-refractivity contribution in [2.45, 2.75) is 32.8 Å². The highest BCUT2D eigenvalue weighted by molar-refractivity contribution is 5.73. The Morgan fingerprint density at radius 3 is 2.63 bits per heavy atom. The lowest BCUT2D eigenvalue weighted by atomic mass is 9.88. The van der Waals surface area contributed by atoms with Crippen molar-refractivity contribution in [1.82, 2.24) is 5.32 Å². The molecule has 2 unspecified atom stereocenters. The van der Waals surface area contributed by atoms with Crippen molar-refractivity contribution in [1.29, 1.82) is 0 Å². The van der Waals surface area contributed by atoms with Gasteiger partial charge < -0.3 is 19.5 Å². The third-order valence-corrected chi connectivity index (χ3v) is 2.91. The first-order valence-electron chi connectivity index (χ1n) is 6.46. The standard InChI is InChI=1S/C13H23NO5/c1-13(2,3)19-12(16)14-7-9-5-6-18-8-10(9)11(15)17-4/h9-10H,5-8H2,1-4H3,(H,14,16). The van der Waals surface area contributed by atoms with E-state index in [1.54, 1.807) is 20.8 Å². The Balaban J connectivity index is 2.45. The summed E-state index contributed by atoms with van der Waals surface area (Å²) in [4.78, 5) is 23.2. The first-order valence-corrected chi connectivity index (χ1v) is 6.46. The van der Waals surface area contributed by atoms with E-state index in [-0.39, 0.29) is 17.8 Å². The van der Waals surface area contributed by atoms with Gasteiger partial charge in [0.15, 0.2) is 0 Å². The largest absolute Gasteiger partial charge is 0.469 e. The van der Waals surface area contributed by atoms with Crippen LogP contribution in [-0.2, 0) is 19.0 Å². The van der Waals surface area contributed by atoms with Crippen molar-refractivity contribution >= 4 is 12.1 Å². The van der Waals surface area contributed by atoms with Crippen molar-refractivity contribution in [3.8, 4) is 0 Å². The van der Waals surface area contributed by atoms with Crippen molar-refractivity contribution in [3.05, 3.63) is 0 Å². The Kier molecular flexibility index (Phi) is 5.60. The van der Waals surface area contributed by atoms with Gasteiger partial charge in [-0.1, -0.05) is 0 Å². The van der Waals surface area contributed by atoms with Crippen LogP contribution in [0, 0.1) is 11.8 Å². The lowest BCUT2D eigenvalue weighted by Gasteiger charge is -2.30. The Labute approximate surface area is 113 Å². The summed E-state index contributed by atoms with van der Waals surface area (Å²) in [6.07, 6.45) is 0.248. The lowest BCUT2D eigenvalue weighted by molar-refractivity contribution is -0.153. The molecule has 6 nitrogen and oxygen atoms in total. The molecule has 6 heteroatoms. The summed E-state index contributed by atoms with van der Waals surface area (Å²) >= 11 is 0. The molecular formula is C13H23NO5. The minimum atomic E-state index is -0.526. The molecule has 0 aromatic rings. The summed E-state index contributed by atoms with van der Waals surface area (Å²) < 4.78 is 15.2. The molecule has 1 amide bonds. The molecule has 1 rings (SSSR count). The number of hydrogen-bond donors (Lipinski definition) is 1. The molecule has 0 aromatic carbocycles. The summed E-state index contributed by atoms with van der Waals surface area (Å²) in [7, 11) is 1.36. The fraction of sp³-hybridized carbons (Fsp3) is 0.846. The molecule has 0 radical (unpaired) electrons.